The molecule has 20 heavy (non-hydrogen) atoms. The molecule has 2 aromatic carbocycles. The molecule has 0 aliphatic heterocycles. The number of carboxylic acid groups (broad SMARTS) is 1. The third-order valence-electron chi connectivity index (χ3n) is 3.04. The topological polar surface area (TPSA) is 57.2 Å². The first-order valence-electron chi connectivity index (χ1n) is 6.00. The Morgan fingerprint density at radius 2 is 1.55 bits per heavy atom. The number of aliphatic carboxylic acids is 1. The summed E-state index contributed by atoms with van der Waals surface area (Å²) in [6, 6.07) is 15.5. The number of carbonyl (C=O) groups is 2. The zero-order chi connectivity index (χ0) is 13.8. The summed E-state index contributed by atoms with van der Waals surface area (Å²) < 4.78 is 0. The first kappa shape index (κ1) is 17.3. The molecule has 0 saturated carbocycles. The van der Waals surface area contributed by atoms with Gasteiger partial charge in [-0.15, -0.1) is 0 Å². The molecule has 96 valence electrons. The van der Waals surface area contributed by atoms with Crippen LogP contribution in [0.5, 0.6) is 0 Å². The number of rotatable bonds is 4. The molecule has 0 saturated heterocycles. The molecular formula is C16H13KO3. The summed E-state index contributed by atoms with van der Waals surface area (Å²) in [6.45, 7) is 1.54. The molecule has 0 spiro atoms. The Hall–Kier alpha value is -0.784. The van der Waals surface area contributed by atoms with E-state index in [0.717, 1.165) is 0 Å². The van der Waals surface area contributed by atoms with Gasteiger partial charge in [-0.25, -0.2) is 0 Å². The molecule has 0 amide bonds. The Bertz CT molecular complexity index is 608. The van der Waals surface area contributed by atoms with Gasteiger partial charge in [0, 0.05) is 23.0 Å². The van der Waals surface area contributed by atoms with Gasteiger partial charge in [0.25, 0.3) is 0 Å². The molecule has 0 radical (unpaired) electrons. The van der Waals surface area contributed by atoms with Gasteiger partial charge in [-0.05, 0) is 11.6 Å². The minimum Gasteiger partial charge on any atom is -0.550 e. The van der Waals surface area contributed by atoms with E-state index in [2.05, 4.69) is 0 Å². The normalized spacial score (nSPS) is 11.2. The van der Waals surface area contributed by atoms with Crippen molar-refractivity contribution >= 4 is 11.8 Å². The summed E-state index contributed by atoms with van der Waals surface area (Å²) in [5.41, 5.74) is 1.64. The zero-order valence-electron chi connectivity index (χ0n) is 11.5. The van der Waals surface area contributed by atoms with E-state index in [4.69, 9.17) is 0 Å². The number of hydrogen-bond acceptors (Lipinski definition) is 3. The van der Waals surface area contributed by atoms with Crippen molar-refractivity contribution in [2.24, 2.45) is 0 Å². The fourth-order valence-corrected chi connectivity index (χ4v) is 1.84. The molecule has 3 nitrogen and oxygen atoms in total. The molecule has 0 aliphatic carbocycles. The summed E-state index contributed by atoms with van der Waals surface area (Å²) >= 11 is 0. The van der Waals surface area contributed by atoms with E-state index in [1.165, 1.54) is 0 Å². The molecule has 2 rings (SSSR count). The van der Waals surface area contributed by atoms with Gasteiger partial charge in [-0.2, -0.15) is 0 Å². The third-order valence-corrected chi connectivity index (χ3v) is 3.04. The fourth-order valence-electron chi connectivity index (χ4n) is 1.84. The van der Waals surface area contributed by atoms with Crippen molar-refractivity contribution in [1.82, 2.24) is 0 Å². The maximum absolute atomic E-state index is 12.2. The average Bonchev–Trinajstić information content (AvgIpc) is 2.46. The molecule has 0 heterocycles. The second kappa shape index (κ2) is 7.86. The van der Waals surface area contributed by atoms with Gasteiger partial charge in [0.05, 0.1) is 0 Å². The van der Waals surface area contributed by atoms with Crippen molar-refractivity contribution in [1.29, 1.82) is 0 Å². The van der Waals surface area contributed by atoms with Crippen LogP contribution in [0, 0.1) is 0 Å². The first-order chi connectivity index (χ1) is 9.09. The monoisotopic (exact) mass is 292 g/mol. The Balaban J connectivity index is 0.00000200. The van der Waals surface area contributed by atoms with E-state index in [1.807, 2.05) is 6.07 Å². The molecule has 1 atom stereocenters. The van der Waals surface area contributed by atoms with E-state index in [0.29, 0.717) is 16.7 Å². The number of ketones is 1. The largest absolute Gasteiger partial charge is 1.00 e. The summed E-state index contributed by atoms with van der Waals surface area (Å²) in [7, 11) is 0. The molecule has 0 bridgehead atoms. The summed E-state index contributed by atoms with van der Waals surface area (Å²) in [5.74, 6) is -2.00. The molecular weight excluding hydrogens is 279 g/mol. The van der Waals surface area contributed by atoms with Crippen LogP contribution in [0.1, 0.15) is 34.3 Å². The minimum atomic E-state index is -1.15. The minimum absolute atomic E-state index is 0. The maximum atomic E-state index is 12.2. The van der Waals surface area contributed by atoms with Crippen LogP contribution < -0.4 is 56.5 Å². The SMILES string of the molecule is CC(C(=O)[O-])c1cccc(C(=O)c2ccccc2)c1.[K+]. The second-order valence-corrected chi connectivity index (χ2v) is 4.36. The average molecular weight is 292 g/mol. The predicted molar refractivity (Wildman–Crippen MR) is 69.7 cm³/mol. The van der Waals surface area contributed by atoms with Crippen LogP contribution in [0.3, 0.4) is 0 Å². The van der Waals surface area contributed by atoms with E-state index < -0.39 is 11.9 Å². The van der Waals surface area contributed by atoms with Gasteiger partial charge in [-0.3, -0.25) is 4.79 Å². The van der Waals surface area contributed by atoms with Crippen molar-refractivity contribution in [2.75, 3.05) is 0 Å². The van der Waals surface area contributed by atoms with Crippen molar-refractivity contribution in [2.45, 2.75) is 12.8 Å². The number of carboxylic acids is 1. The van der Waals surface area contributed by atoms with Crippen LogP contribution in [0.15, 0.2) is 54.6 Å². The Kier molecular flexibility index (Phi) is 6.78. The Labute approximate surface area is 160 Å². The van der Waals surface area contributed by atoms with Crippen LogP contribution in [0.2, 0.25) is 0 Å². The van der Waals surface area contributed by atoms with Crippen molar-refractivity contribution in [3.05, 3.63) is 71.3 Å². The molecule has 1 unspecified atom stereocenters. The summed E-state index contributed by atoms with van der Waals surface area (Å²) in [4.78, 5) is 23.1. The molecule has 0 aliphatic rings. The standard InChI is InChI=1S/C16H14O3.K/c1-11(16(18)19)13-8-5-9-14(10-13)15(17)12-6-3-2-4-7-12;/h2-11H,1H3,(H,18,19);/q;+1/p-1. The zero-order valence-corrected chi connectivity index (χ0v) is 14.6. The summed E-state index contributed by atoms with van der Waals surface area (Å²) in [6.07, 6.45) is 0. The van der Waals surface area contributed by atoms with Gasteiger partial charge in [0.15, 0.2) is 5.78 Å². The van der Waals surface area contributed by atoms with Gasteiger partial charge in [-0.1, -0.05) is 55.5 Å². The number of benzene rings is 2. The Morgan fingerprint density at radius 3 is 2.15 bits per heavy atom. The van der Waals surface area contributed by atoms with E-state index in [9.17, 15) is 14.7 Å². The van der Waals surface area contributed by atoms with Crippen molar-refractivity contribution in [3.63, 3.8) is 0 Å². The fraction of sp³-hybridized carbons (Fsp3) is 0.125. The van der Waals surface area contributed by atoms with Crippen LogP contribution >= 0.6 is 0 Å². The smallest absolute Gasteiger partial charge is 0.550 e. The second-order valence-electron chi connectivity index (χ2n) is 4.36. The third kappa shape index (κ3) is 4.10. The number of hydrogen-bond donors (Lipinski definition) is 0. The first-order valence-corrected chi connectivity index (χ1v) is 6.00. The molecule has 0 fully saturated rings. The Morgan fingerprint density at radius 1 is 0.950 bits per heavy atom. The van der Waals surface area contributed by atoms with Crippen molar-refractivity contribution in [3.8, 4) is 0 Å². The summed E-state index contributed by atoms with van der Waals surface area (Å²) in [5, 5.41) is 10.9. The van der Waals surface area contributed by atoms with Crippen LogP contribution in [0.25, 0.3) is 0 Å². The maximum Gasteiger partial charge on any atom is 1.00 e. The van der Waals surface area contributed by atoms with Crippen LogP contribution in [-0.4, -0.2) is 11.8 Å². The molecule has 0 aromatic heterocycles. The van der Waals surface area contributed by atoms with Gasteiger partial charge in [0.2, 0.25) is 0 Å². The van der Waals surface area contributed by atoms with Crippen LogP contribution in [0.4, 0.5) is 0 Å². The molecule has 0 N–H and O–H groups in total. The van der Waals surface area contributed by atoms with Gasteiger partial charge >= 0.3 is 51.4 Å². The van der Waals surface area contributed by atoms with Crippen molar-refractivity contribution < 1.29 is 66.1 Å². The van der Waals surface area contributed by atoms with E-state index >= 15 is 0 Å². The van der Waals surface area contributed by atoms with E-state index in [-0.39, 0.29) is 57.2 Å². The van der Waals surface area contributed by atoms with Gasteiger partial charge < -0.3 is 9.90 Å². The quantitative estimate of drug-likeness (QED) is 0.524. The molecule has 4 heteroatoms. The van der Waals surface area contributed by atoms with E-state index in [1.54, 1.807) is 55.5 Å². The van der Waals surface area contributed by atoms with Crippen LogP contribution in [-0.2, 0) is 4.79 Å². The predicted octanol–water partition coefficient (Wildman–Crippen LogP) is -1.22. The molecule has 2 aromatic rings. The van der Waals surface area contributed by atoms with Gasteiger partial charge in [0.1, 0.15) is 0 Å². The number of carbonyl (C=O) groups excluding carboxylic acids is 2.